The highest BCUT2D eigenvalue weighted by Crippen LogP contribution is 2.03. The van der Waals surface area contributed by atoms with Gasteiger partial charge in [-0.3, -0.25) is 4.79 Å². The Bertz CT molecular complexity index is 359. The normalized spacial score (nSPS) is 10.8. The van der Waals surface area contributed by atoms with Crippen LogP contribution in [0.25, 0.3) is 0 Å². The minimum absolute atomic E-state index is 0.115. The first-order chi connectivity index (χ1) is 6.00. The van der Waals surface area contributed by atoms with E-state index >= 15 is 0 Å². The molecule has 0 aliphatic carbocycles. The van der Waals surface area contributed by atoms with E-state index in [-0.39, 0.29) is 11.4 Å². The van der Waals surface area contributed by atoms with Gasteiger partial charge >= 0.3 is 0 Å². The van der Waals surface area contributed by atoms with Crippen LogP contribution < -0.4 is 5.56 Å². The monoisotopic (exact) mass is 295 g/mol. The summed E-state index contributed by atoms with van der Waals surface area (Å²) in [4.78, 5) is 11.4. The smallest absolute Gasteiger partial charge is 0.264 e. The average Bonchev–Trinajstić information content (AvgIpc) is 1.98. The second-order valence-electron chi connectivity index (χ2n) is 3.36. The molecule has 0 aliphatic heterocycles. The predicted molar refractivity (Wildman–Crippen MR) is 58.2 cm³/mol. The molecule has 0 fully saturated rings. The first-order valence-corrected chi connectivity index (χ1v) is 5.14. The first-order valence-electron chi connectivity index (χ1n) is 4.06. The van der Waals surface area contributed by atoms with Crippen molar-refractivity contribution in [3.05, 3.63) is 32.0 Å². The molecule has 0 spiro atoms. The Morgan fingerprint density at radius 1 is 1.62 bits per heavy atom. The Morgan fingerprint density at radius 2 is 2.23 bits per heavy atom. The van der Waals surface area contributed by atoms with Gasteiger partial charge in [-0.15, -0.1) is 0 Å². The lowest BCUT2D eigenvalue weighted by Gasteiger charge is -2.08. The van der Waals surface area contributed by atoms with Crippen LogP contribution in [0.3, 0.4) is 0 Å². The van der Waals surface area contributed by atoms with Crippen LogP contribution in [0.4, 0.5) is 4.39 Å². The maximum Gasteiger partial charge on any atom is 0.264 e. The van der Waals surface area contributed by atoms with E-state index in [4.69, 9.17) is 0 Å². The van der Waals surface area contributed by atoms with Gasteiger partial charge in [-0.2, -0.15) is 0 Å². The third kappa shape index (κ3) is 2.79. The highest BCUT2D eigenvalue weighted by molar-refractivity contribution is 14.1. The number of pyridine rings is 1. The van der Waals surface area contributed by atoms with Crippen molar-refractivity contribution < 1.29 is 4.39 Å². The largest absolute Gasteiger partial charge is 0.311 e. The molecule has 0 N–H and O–H groups in total. The molecule has 0 aliphatic rings. The molecule has 0 unspecified atom stereocenters. The van der Waals surface area contributed by atoms with Crippen LogP contribution in [0.2, 0.25) is 0 Å². The van der Waals surface area contributed by atoms with E-state index in [2.05, 4.69) is 0 Å². The minimum atomic E-state index is -0.357. The summed E-state index contributed by atoms with van der Waals surface area (Å²) in [5.74, 6) is -0.0139. The van der Waals surface area contributed by atoms with Crippen LogP contribution in [0.5, 0.6) is 0 Å². The van der Waals surface area contributed by atoms with Crippen LogP contribution in [-0.4, -0.2) is 4.57 Å². The lowest BCUT2D eigenvalue weighted by atomic mass is 10.2. The molecule has 0 bridgehead atoms. The number of aromatic nitrogens is 1. The van der Waals surface area contributed by atoms with Crippen molar-refractivity contribution in [2.24, 2.45) is 5.92 Å². The third-order valence-electron chi connectivity index (χ3n) is 1.57. The zero-order valence-corrected chi connectivity index (χ0v) is 9.71. The molecule has 0 amide bonds. The molecule has 0 saturated heterocycles. The fraction of sp³-hybridized carbons (Fsp3) is 0.444. The fourth-order valence-corrected chi connectivity index (χ4v) is 1.70. The zero-order chi connectivity index (χ0) is 10.0. The van der Waals surface area contributed by atoms with E-state index < -0.39 is 0 Å². The number of nitrogens with zero attached hydrogens (tertiary/aromatic N) is 1. The summed E-state index contributed by atoms with van der Waals surface area (Å²) in [6, 6.07) is 1.25. The van der Waals surface area contributed by atoms with Crippen molar-refractivity contribution in [3.8, 4) is 0 Å². The molecular formula is C9H11FINO. The Labute approximate surface area is 89.9 Å². The highest BCUT2D eigenvalue weighted by Gasteiger charge is 2.05. The minimum Gasteiger partial charge on any atom is -0.311 e. The van der Waals surface area contributed by atoms with Gasteiger partial charge in [0.1, 0.15) is 5.82 Å². The van der Waals surface area contributed by atoms with Crippen LogP contribution in [0.15, 0.2) is 17.1 Å². The quantitative estimate of drug-likeness (QED) is 0.767. The van der Waals surface area contributed by atoms with Crippen molar-refractivity contribution in [1.82, 2.24) is 4.57 Å². The summed E-state index contributed by atoms with van der Waals surface area (Å²) in [5, 5.41) is 0. The lowest BCUT2D eigenvalue weighted by Crippen LogP contribution is -2.24. The third-order valence-corrected chi connectivity index (χ3v) is 2.34. The number of rotatable bonds is 2. The molecule has 1 heterocycles. The standard InChI is InChI=1S/C9H11FINO/c1-6(2)4-12-5-7(10)3-8(11)9(12)13/h3,5-6H,4H2,1-2H3. The lowest BCUT2D eigenvalue weighted by molar-refractivity contribution is 0.492. The van der Waals surface area contributed by atoms with E-state index in [9.17, 15) is 9.18 Å². The molecule has 0 radical (unpaired) electrons. The second kappa shape index (κ2) is 4.21. The predicted octanol–water partition coefficient (Wildman–Crippen LogP) is 2.25. The van der Waals surface area contributed by atoms with Crippen molar-refractivity contribution in [3.63, 3.8) is 0 Å². The van der Waals surface area contributed by atoms with Crippen LogP contribution in [0, 0.1) is 15.3 Å². The Kier molecular flexibility index (Phi) is 3.47. The van der Waals surface area contributed by atoms with Gasteiger partial charge in [0, 0.05) is 12.7 Å². The molecule has 4 heteroatoms. The van der Waals surface area contributed by atoms with E-state index in [1.54, 1.807) is 0 Å². The molecule has 1 rings (SSSR count). The van der Waals surface area contributed by atoms with Gasteiger partial charge in [-0.1, -0.05) is 13.8 Å². The maximum atomic E-state index is 12.9. The van der Waals surface area contributed by atoms with Gasteiger partial charge in [-0.05, 0) is 34.6 Å². The average molecular weight is 295 g/mol. The summed E-state index contributed by atoms with van der Waals surface area (Å²) >= 11 is 1.85. The molecule has 0 aromatic carbocycles. The van der Waals surface area contributed by atoms with Crippen molar-refractivity contribution in [1.29, 1.82) is 0 Å². The van der Waals surface area contributed by atoms with Gasteiger partial charge < -0.3 is 4.57 Å². The number of hydrogen-bond donors (Lipinski definition) is 0. The summed E-state index contributed by atoms with van der Waals surface area (Å²) in [7, 11) is 0. The molecule has 0 saturated carbocycles. The van der Waals surface area contributed by atoms with Crippen LogP contribution in [0.1, 0.15) is 13.8 Å². The Hall–Kier alpha value is -0.390. The fourth-order valence-electron chi connectivity index (χ4n) is 1.09. The van der Waals surface area contributed by atoms with E-state index in [1.807, 2.05) is 36.4 Å². The first kappa shape index (κ1) is 10.7. The highest BCUT2D eigenvalue weighted by atomic mass is 127. The molecule has 1 aromatic heterocycles. The SMILES string of the molecule is CC(C)Cn1cc(F)cc(I)c1=O. The van der Waals surface area contributed by atoms with Gasteiger partial charge in [0.2, 0.25) is 0 Å². The Balaban J connectivity index is 3.13. The number of halogens is 2. The summed E-state index contributed by atoms with van der Waals surface area (Å²) in [5.41, 5.74) is -0.115. The number of hydrogen-bond acceptors (Lipinski definition) is 1. The Morgan fingerprint density at radius 3 is 2.77 bits per heavy atom. The molecule has 13 heavy (non-hydrogen) atoms. The topological polar surface area (TPSA) is 22.0 Å². The maximum absolute atomic E-state index is 12.9. The van der Waals surface area contributed by atoms with Crippen molar-refractivity contribution in [2.75, 3.05) is 0 Å². The molecule has 0 atom stereocenters. The second-order valence-corrected chi connectivity index (χ2v) is 4.52. The van der Waals surface area contributed by atoms with E-state index in [0.29, 0.717) is 16.0 Å². The molecule has 2 nitrogen and oxygen atoms in total. The van der Waals surface area contributed by atoms with Crippen LogP contribution >= 0.6 is 22.6 Å². The van der Waals surface area contributed by atoms with Gasteiger partial charge in [0.15, 0.2) is 0 Å². The van der Waals surface area contributed by atoms with Crippen molar-refractivity contribution in [2.45, 2.75) is 20.4 Å². The molecule has 1 aromatic rings. The summed E-state index contributed by atoms with van der Waals surface area (Å²) < 4.78 is 14.7. The summed E-state index contributed by atoms with van der Waals surface area (Å²) in [6.45, 7) is 4.54. The van der Waals surface area contributed by atoms with Crippen LogP contribution in [-0.2, 0) is 6.54 Å². The van der Waals surface area contributed by atoms with Gasteiger partial charge in [0.25, 0.3) is 5.56 Å². The van der Waals surface area contributed by atoms with E-state index in [1.165, 1.54) is 16.8 Å². The molecular weight excluding hydrogens is 284 g/mol. The van der Waals surface area contributed by atoms with Gasteiger partial charge in [0.05, 0.1) is 3.57 Å². The summed E-state index contributed by atoms with van der Waals surface area (Å²) in [6.07, 6.45) is 1.25. The van der Waals surface area contributed by atoms with E-state index in [0.717, 1.165) is 0 Å². The molecule has 72 valence electrons. The van der Waals surface area contributed by atoms with Crippen molar-refractivity contribution >= 4 is 22.6 Å². The van der Waals surface area contributed by atoms with Gasteiger partial charge in [-0.25, -0.2) is 4.39 Å². The zero-order valence-electron chi connectivity index (χ0n) is 7.55.